The standard InChI is InChI=1S/C27H28N4O3S/c1-27(2,3)21-12-11-20(35-21)25(33)31-22(16-7-5-4-6-8-16)23(32)26(34)30-18-9-10-19-17(15-18)13-14-29-24(19)28/h4-15,22-23,32H,1-3H3,(H2,28,29)(H,30,34)(H,31,33). The van der Waals surface area contributed by atoms with Crippen molar-refractivity contribution in [3.05, 3.63) is 88.2 Å². The first-order valence-corrected chi connectivity index (χ1v) is 12.0. The van der Waals surface area contributed by atoms with Gasteiger partial charge < -0.3 is 21.5 Å². The molecule has 2 atom stereocenters. The second kappa shape index (κ2) is 9.85. The van der Waals surface area contributed by atoms with Crippen molar-refractivity contribution in [3.8, 4) is 0 Å². The van der Waals surface area contributed by atoms with Crippen molar-refractivity contribution in [2.45, 2.75) is 38.3 Å². The van der Waals surface area contributed by atoms with E-state index in [0.29, 0.717) is 21.9 Å². The molecular formula is C27H28N4O3S. The summed E-state index contributed by atoms with van der Waals surface area (Å²) in [4.78, 5) is 31.8. The Balaban J connectivity index is 1.56. The number of nitrogens with two attached hydrogens (primary N) is 1. The summed E-state index contributed by atoms with van der Waals surface area (Å²) in [5.41, 5.74) is 6.94. The van der Waals surface area contributed by atoms with Gasteiger partial charge in [-0.15, -0.1) is 11.3 Å². The van der Waals surface area contributed by atoms with Gasteiger partial charge in [0.25, 0.3) is 11.8 Å². The zero-order valence-corrected chi connectivity index (χ0v) is 20.6. The van der Waals surface area contributed by atoms with Crippen molar-refractivity contribution in [2.75, 3.05) is 11.1 Å². The first-order chi connectivity index (χ1) is 16.6. The fourth-order valence-corrected chi connectivity index (χ4v) is 4.69. The van der Waals surface area contributed by atoms with E-state index in [1.165, 1.54) is 11.3 Å². The number of nitrogens with one attached hydrogen (secondary N) is 2. The molecule has 35 heavy (non-hydrogen) atoms. The van der Waals surface area contributed by atoms with Gasteiger partial charge in [0.05, 0.1) is 10.9 Å². The predicted octanol–water partition coefficient (Wildman–Crippen LogP) is 4.65. The van der Waals surface area contributed by atoms with Crippen LogP contribution in [-0.4, -0.2) is 28.0 Å². The Bertz CT molecular complexity index is 1360. The maximum atomic E-state index is 13.1. The predicted molar refractivity (Wildman–Crippen MR) is 140 cm³/mol. The van der Waals surface area contributed by atoms with Crippen LogP contribution in [0.2, 0.25) is 0 Å². The minimum Gasteiger partial charge on any atom is -0.383 e. The van der Waals surface area contributed by atoms with E-state index in [4.69, 9.17) is 5.73 Å². The van der Waals surface area contributed by atoms with Crippen molar-refractivity contribution in [1.82, 2.24) is 10.3 Å². The Morgan fingerprint density at radius 2 is 1.77 bits per heavy atom. The quantitative estimate of drug-likeness (QED) is 0.315. The molecule has 8 heteroatoms. The van der Waals surface area contributed by atoms with Crippen LogP contribution >= 0.6 is 11.3 Å². The summed E-state index contributed by atoms with van der Waals surface area (Å²) in [7, 11) is 0. The van der Waals surface area contributed by atoms with Gasteiger partial charge >= 0.3 is 0 Å². The summed E-state index contributed by atoms with van der Waals surface area (Å²) in [6.45, 7) is 6.25. The van der Waals surface area contributed by atoms with E-state index in [-0.39, 0.29) is 11.3 Å². The first kappa shape index (κ1) is 24.4. The van der Waals surface area contributed by atoms with Crippen LogP contribution in [0.5, 0.6) is 0 Å². The fourth-order valence-electron chi connectivity index (χ4n) is 3.73. The third-order valence-electron chi connectivity index (χ3n) is 5.66. The lowest BCUT2D eigenvalue weighted by Crippen LogP contribution is -2.42. The highest BCUT2D eigenvalue weighted by Gasteiger charge is 2.30. The second-order valence-electron chi connectivity index (χ2n) is 9.34. The number of aliphatic hydroxyl groups is 1. The number of thiophene rings is 1. The normalized spacial score (nSPS) is 13.3. The third-order valence-corrected chi connectivity index (χ3v) is 7.17. The van der Waals surface area contributed by atoms with Crippen LogP contribution in [0, 0.1) is 0 Å². The van der Waals surface area contributed by atoms with E-state index < -0.39 is 18.1 Å². The van der Waals surface area contributed by atoms with Crippen LogP contribution in [0.1, 0.15) is 46.9 Å². The number of pyridine rings is 1. The van der Waals surface area contributed by atoms with Crippen molar-refractivity contribution in [3.63, 3.8) is 0 Å². The molecule has 4 aromatic rings. The number of anilines is 2. The number of rotatable bonds is 6. The number of nitrogens with zero attached hydrogens (tertiary/aromatic N) is 1. The molecule has 0 saturated carbocycles. The molecule has 0 fully saturated rings. The highest BCUT2D eigenvalue weighted by Crippen LogP contribution is 2.30. The van der Waals surface area contributed by atoms with Gasteiger partial charge in [0.15, 0.2) is 6.10 Å². The number of benzene rings is 2. The lowest BCUT2D eigenvalue weighted by atomic mass is 9.95. The summed E-state index contributed by atoms with van der Waals surface area (Å²) < 4.78 is 0. The number of hydrogen-bond donors (Lipinski definition) is 4. The highest BCUT2D eigenvalue weighted by molar-refractivity contribution is 7.14. The monoisotopic (exact) mass is 488 g/mol. The molecule has 0 bridgehead atoms. The Morgan fingerprint density at radius 3 is 2.46 bits per heavy atom. The lowest BCUT2D eigenvalue weighted by molar-refractivity contribution is -0.125. The van der Waals surface area contributed by atoms with E-state index in [0.717, 1.165) is 15.6 Å². The minimum absolute atomic E-state index is 0.0813. The van der Waals surface area contributed by atoms with Gasteiger partial charge in [-0.1, -0.05) is 51.1 Å². The summed E-state index contributed by atoms with van der Waals surface area (Å²) in [5, 5.41) is 18.2. The number of aromatic nitrogens is 1. The molecule has 0 radical (unpaired) electrons. The summed E-state index contributed by atoms with van der Waals surface area (Å²) >= 11 is 1.40. The molecule has 7 nitrogen and oxygen atoms in total. The molecule has 2 heterocycles. The molecule has 0 saturated heterocycles. The summed E-state index contributed by atoms with van der Waals surface area (Å²) in [6.07, 6.45) is 0.0657. The third kappa shape index (κ3) is 5.50. The molecule has 0 aliphatic heterocycles. The Labute approximate surface area is 208 Å². The van der Waals surface area contributed by atoms with Crippen LogP contribution in [0.25, 0.3) is 10.8 Å². The van der Waals surface area contributed by atoms with Crippen molar-refractivity contribution in [1.29, 1.82) is 0 Å². The summed E-state index contributed by atoms with van der Waals surface area (Å²) in [5.74, 6) is -0.586. The van der Waals surface area contributed by atoms with Gasteiger partial charge in [0.2, 0.25) is 0 Å². The zero-order valence-electron chi connectivity index (χ0n) is 19.8. The number of carbonyl (C=O) groups excluding carboxylic acids is 2. The van der Waals surface area contributed by atoms with Crippen LogP contribution in [-0.2, 0) is 10.2 Å². The SMILES string of the molecule is CC(C)(C)c1ccc(C(=O)NC(c2ccccc2)C(O)C(=O)Nc2ccc3c(N)nccc3c2)s1. The van der Waals surface area contributed by atoms with Crippen LogP contribution in [0.15, 0.2) is 72.9 Å². The van der Waals surface area contributed by atoms with E-state index >= 15 is 0 Å². The average Bonchev–Trinajstić information content (AvgIpc) is 3.34. The van der Waals surface area contributed by atoms with Gasteiger partial charge in [0.1, 0.15) is 5.82 Å². The number of aliphatic hydroxyl groups excluding tert-OH is 1. The molecule has 0 aliphatic rings. The van der Waals surface area contributed by atoms with E-state index in [1.807, 2.05) is 12.1 Å². The topological polar surface area (TPSA) is 117 Å². The van der Waals surface area contributed by atoms with E-state index in [2.05, 4.69) is 36.4 Å². The minimum atomic E-state index is -1.53. The largest absolute Gasteiger partial charge is 0.383 e. The van der Waals surface area contributed by atoms with Gasteiger partial charge in [-0.05, 0) is 52.8 Å². The molecule has 0 aliphatic carbocycles. The van der Waals surface area contributed by atoms with Crippen LogP contribution in [0.3, 0.4) is 0 Å². The van der Waals surface area contributed by atoms with Crippen molar-refractivity contribution < 1.29 is 14.7 Å². The summed E-state index contributed by atoms with van der Waals surface area (Å²) in [6, 6.07) is 18.7. The smallest absolute Gasteiger partial charge is 0.261 e. The highest BCUT2D eigenvalue weighted by atomic mass is 32.1. The molecule has 5 N–H and O–H groups in total. The number of hydrogen-bond acceptors (Lipinski definition) is 6. The maximum absolute atomic E-state index is 13.1. The molecule has 2 amide bonds. The fraction of sp³-hybridized carbons (Fsp3) is 0.222. The van der Waals surface area contributed by atoms with Gasteiger partial charge in [-0.2, -0.15) is 0 Å². The Kier molecular flexibility index (Phi) is 6.86. The van der Waals surface area contributed by atoms with E-state index in [1.54, 1.807) is 60.8 Å². The van der Waals surface area contributed by atoms with Crippen LogP contribution in [0.4, 0.5) is 11.5 Å². The van der Waals surface area contributed by atoms with Crippen LogP contribution < -0.4 is 16.4 Å². The van der Waals surface area contributed by atoms with Gasteiger partial charge in [-0.25, -0.2) is 4.98 Å². The average molecular weight is 489 g/mol. The molecule has 4 rings (SSSR count). The van der Waals surface area contributed by atoms with Crippen molar-refractivity contribution >= 4 is 45.4 Å². The van der Waals surface area contributed by atoms with Gasteiger partial charge in [0, 0.05) is 22.1 Å². The lowest BCUT2D eigenvalue weighted by Gasteiger charge is -2.24. The van der Waals surface area contributed by atoms with E-state index in [9.17, 15) is 14.7 Å². The first-order valence-electron chi connectivity index (χ1n) is 11.2. The number of amides is 2. The molecule has 2 aromatic carbocycles. The number of nitrogen functional groups attached to an aromatic ring is 1. The Hall–Kier alpha value is -3.75. The number of carbonyl (C=O) groups is 2. The Morgan fingerprint density at radius 1 is 1.03 bits per heavy atom. The maximum Gasteiger partial charge on any atom is 0.261 e. The molecule has 2 unspecified atom stereocenters. The van der Waals surface area contributed by atoms with Gasteiger partial charge in [-0.3, -0.25) is 9.59 Å². The van der Waals surface area contributed by atoms with Crippen molar-refractivity contribution in [2.24, 2.45) is 0 Å². The second-order valence-corrected chi connectivity index (χ2v) is 10.4. The molecule has 180 valence electrons. The number of fused-ring (bicyclic) bond motifs is 1. The molecular weight excluding hydrogens is 460 g/mol. The molecule has 2 aromatic heterocycles. The molecule has 0 spiro atoms. The zero-order chi connectivity index (χ0) is 25.2.